The molecule has 0 radical (unpaired) electrons. The number of carboxylic acid groups (broad SMARTS) is 1. The molecule has 0 fully saturated rings. The first kappa shape index (κ1) is 14.8. The third-order valence-corrected chi connectivity index (χ3v) is 2.53. The molecular weight excluding hydrogens is 248 g/mol. The summed E-state index contributed by atoms with van der Waals surface area (Å²) in [6.45, 7) is 1.86. The molecule has 1 aromatic carbocycles. The van der Waals surface area contributed by atoms with Crippen molar-refractivity contribution in [2.45, 2.75) is 25.8 Å². The number of amides is 2. The van der Waals surface area contributed by atoms with Gasteiger partial charge in [-0.15, -0.1) is 0 Å². The number of carbonyl (C=O) groups excluding carboxylic acids is 1. The molecule has 6 heteroatoms. The Balaban J connectivity index is 2.55. The fraction of sp³-hybridized carbons (Fsp3) is 0.385. The minimum Gasteiger partial charge on any atom is -0.497 e. The van der Waals surface area contributed by atoms with E-state index < -0.39 is 18.0 Å². The lowest BCUT2D eigenvalue weighted by molar-refractivity contribution is -0.139. The van der Waals surface area contributed by atoms with E-state index in [2.05, 4.69) is 10.6 Å². The average molecular weight is 266 g/mol. The van der Waals surface area contributed by atoms with Crippen LogP contribution in [-0.4, -0.2) is 30.3 Å². The molecular formula is C13H18N2O4. The third-order valence-electron chi connectivity index (χ3n) is 2.53. The molecule has 0 aliphatic carbocycles. The molecule has 0 bridgehead atoms. The first-order valence-corrected chi connectivity index (χ1v) is 6.01. The Labute approximate surface area is 111 Å². The standard InChI is InChI=1S/C13H18N2O4/c1-3-4-11(12(16)17)15-13(18)14-9-5-7-10(19-2)8-6-9/h5-8,11H,3-4H2,1-2H3,(H,16,17)(H2,14,15,18)/t11-/m0/s1. The quantitative estimate of drug-likeness (QED) is 0.735. The number of urea groups is 1. The van der Waals surface area contributed by atoms with Crippen LogP contribution in [0.1, 0.15) is 19.8 Å². The van der Waals surface area contributed by atoms with E-state index in [1.807, 2.05) is 6.92 Å². The highest BCUT2D eigenvalue weighted by molar-refractivity contribution is 5.92. The van der Waals surface area contributed by atoms with Crippen LogP contribution in [-0.2, 0) is 4.79 Å². The van der Waals surface area contributed by atoms with Gasteiger partial charge in [-0.2, -0.15) is 0 Å². The Kier molecular flexibility index (Phi) is 5.66. The molecule has 3 N–H and O–H groups in total. The predicted molar refractivity (Wildman–Crippen MR) is 71.5 cm³/mol. The lowest BCUT2D eigenvalue weighted by atomic mass is 10.2. The Hall–Kier alpha value is -2.24. The van der Waals surface area contributed by atoms with Gasteiger partial charge in [-0.25, -0.2) is 9.59 Å². The summed E-state index contributed by atoms with van der Waals surface area (Å²) in [7, 11) is 1.55. The van der Waals surface area contributed by atoms with Crippen molar-refractivity contribution in [1.82, 2.24) is 5.32 Å². The number of benzene rings is 1. The van der Waals surface area contributed by atoms with Gasteiger partial charge >= 0.3 is 12.0 Å². The summed E-state index contributed by atoms with van der Waals surface area (Å²) in [6.07, 6.45) is 1.07. The second-order valence-corrected chi connectivity index (χ2v) is 4.01. The lowest BCUT2D eigenvalue weighted by Gasteiger charge is -2.14. The molecule has 1 atom stereocenters. The number of anilines is 1. The average Bonchev–Trinajstić information content (AvgIpc) is 2.39. The molecule has 19 heavy (non-hydrogen) atoms. The normalized spacial score (nSPS) is 11.5. The maximum atomic E-state index is 11.6. The highest BCUT2D eigenvalue weighted by Gasteiger charge is 2.18. The maximum Gasteiger partial charge on any atom is 0.326 e. The third kappa shape index (κ3) is 4.87. The lowest BCUT2D eigenvalue weighted by Crippen LogP contribution is -2.42. The van der Waals surface area contributed by atoms with Gasteiger partial charge in [0.05, 0.1) is 7.11 Å². The SMILES string of the molecule is CCC[C@H](NC(=O)Nc1ccc(OC)cc1)C(=O)O. The van der Waals surface area contributed by atoms with Gasteiger partial charge in [0.1, 0.15) is 11.8 Å². The van der Waals surface area contributed by atoms with Gasteiger partial charge in [-0.1, -0.05) is 13.3 Å². The van der Waals surface area contributed by atoms with Crippen LogP contribution < -0.4 is 15.4 Å². The van der Waals surface area contributed by atoms with Gasteiger partial charge in [0.2, 0.25) is 0 Å². The van der Waals surface area contributed by atoms with Crippen molar-refractivity contribution >= 4 is 17.7 Å². The van der Waals surface area contributed by atoms with Gasteiger partial charge < -0.3 is 20.5 Å². The number of carboxylic acids is 1. The van der Waals surface area contributed by atoms with E-state index in [4.69, 9.17) is 9.84 Å². The minimum atomic E-state index is -1.04. The maximum absolute atomic E-state index is 11.6. The molecule has 0 unspecified atom stereocenters. The first-order chi connectivity index (χ1) is 9.06. The highest BCUT2D eigenvalue weighted by Crippen LogP contribution is 2.14. The fourth-order valence-corrected chi connectivity index (χ4v) is 1.55. The van der Waals surface area contributed by atoms with Crippen molar-refractivity contribution in [3.05, 3.63) is 24.3 Å². The molecule has 0 spiro atoms. The largest absolute Gasteiger partial charge is 0.497 e. The number of carbonyl (C=O) groups is 2. The van der Waals surface area contributed by atoms with Crippen LogP contribution in [0, 0.1) is 0 Å². The Bertz CT molecular complexity index is 431. The molecule has 0 aliphatic rings. The predicted octanol–water partition coefficient (Wildman–Crippen LogP) is 2.07. The van der Waals surface area contributed by atoms with Crippen molar-refractivity contribution in [2.75, 3.05) is 12.4 Å². The summed E-state index contributed by atoms with van der Waals surface area (Å²) >= 11 is 0. The minimum absolute atomic E-state index is 0.394. The molecule has 0 saturated carbocycles. The monoisotopic (exact) mass is 266 g/mol. The van der Waals surface area contributed by atoms with Crippen LogP contribution in [0.5, 0.6) is 5.75 Å². The second-order valence-electron chi connectivity index (χ2n) is 4.01. The van der Waals surface area contributed by atoms with Gasteiger partial charge in [0, 0.05) is 5.69 Å². The number of aliphatic carboxylic acids is 1. The van der Waals surface area contributed by atoms with E-state index in [1.54, 1.807) is 31.4 Å². The highest BCUT2D eigenvalue weighted by atomic mass is 16.5. The summed E-state index contributed by atoms with van der Waals surface area (Å²) in [5.74, 6) is -0.355. The van der Waals surface area contributed by atoms with Crippen LogP contribution in [0.2, 0.25) is 0 Å². The van der Waals surface area contributed by atoms with Gasteiger partial charge in [-0.05, 0) is 30.7 Å². The number of hydrogen-bond acceptors (Lipinski definition) is 3. The van der Waals surface area contributed by atoms with Crippen molar-refractivity contribution in [2.24, 2.45) is 0 Å². The molecule has 1 aromatic rings. The molecule has 0 saturated heterocycles. The molecule has 0 aliphatic heterocycles. The Morgan fingerprint density at radius 3 is 2.42 bits per heavy atom. The molecule has 104 valence electrons. The molecule has 1 rings (SSSR count). The zero-order valence-electron chi connectivity index (χ0n) is 11.0. The van der Waals surface area contributed by atoms with E-state index in [-0.39, 0.29) is 0 Å². The zero-order chi connectivity index (χ0) is 14.3. The fourth-order valence-electron chi connectivity index (χ4n) is 1.55. The number of nitrogens with one attached hydrogen (secondary N) is 2. The number of methoxy groups -OCH3 is 1. The topological polar surface area (TPSA) is 87.7 Å². The van der Waals surface area contributed by atoms with Crippen LogP contribution in [0.15, 0.2) is 24.3 Å². The van der Waals surface area contributed by atoms with E-state index in [0.717, 1.165) is 0 Å². The molecule has 2 amide bonds. The zero-order valence-corrected chi connectivity index (χ0v) is 11.0. The van der Waals surface area contributed by atoms with Crippen molar-refractivity contribution < 1.29 is 19.4 Å². The van der Waals surface area contributed by atoms with Crippen molar-refractivity contribution in [3.8, 4) is 5.75 Å². The summed E-state index contributed by atoms with van der Waals surface area (Å²) in [5.41, 5.74) is 0.568. The van der Waals surface area contributed by atoms with Gasteiger partial charge in [-0.3, -0.25) is 0 Å². The first-order valence-electron chi connectivity index (χ1n) is 6.01. The summed E-state index contributed by atoms with van der Waals surface area (Å²) in [4.78, 5) is 22.5. The number of ether oxygens (including phenoxy) is 1. The van der Waals surface area contributed by atoms with E-state index in [0.29, 0.717) is 24.3 Å². The second kappa shape index (κ2) is 7.25. The molecule has 6 nitrogen and oxygen atoms in total. The van der Waals surface area contributed by atoms with Crippen LogP contribution in [0.3, 0.4) is 0 Å². The van der Waals surface area contributed by atoms with E-state index in [1.165, 1.54) is 0 Å². The van der Waals surface area contributed by atoms with Crippen LogP contribution in [0.4, 0.5) is 10.5 Å². The van der Waals surface area contributed by atoms with E-state index in [9.17, 15) is 9.59 Å². The van der Waals surface area contributed by atoms with Gasteiger partial charge in [0.25, 0.3) is 0 Å². The summed E-state index contributed by atoms with van der Waals surface area (Å²) in [6, 6.07) is 5.35. The molecule has 0 aromatic heterocycles. The van der Waals surface area contributed by atoms with Crippen LogP contribution >= 0.6 is 0 Å². The Morgan fingerprint density at radius 2 is 1.95 bits per heavy atom. The van der Waals surface area contributed by atoms with Crippen LogP contribution in [0.25, 0.3) is 0 Å². The Morgan fingerprint density at radius 1 is 1.32 bits per heavy atom. The molecule has 0 heterocycles. The van der Waals surface area contributed by atoms with Gasteiger partial charge in [0.15, 0.2) is 0 Å². The van der Waals surface area contributed by atoms with Crippen molar-refractivity contribution in [3.63, 3.8) is 0 Å². The summed E-state index contributed by atoms with van der Waals surface area (Å²) in [5, 5.41) is 13.9. The number of rotatable bonds is 6. The number of hydrogen-bond donors (Lipinski definition) is 3. The summed E-state index contributed by atoms with van der Waals surface area (Å²) < 4.78 is 5.00. The van der Waals surface area contributed by atoms with Crippen molar-refractivity contribution in [1.29, 1.82) is 0 Å². The van der Waals surface area contributed by atoms with E-state index >= 15 is 0 Å². The smallest absolute Gasteiger partial charge is 0.326 e.